The summed E-state index contributed by atoms with van der Waals surface area (Å²) in [6, 6.07) is 13.1. The van der Waals surface area contributed by atoms with Crippen molar-refractivity contribution in [3.05, 3.63) is 76.0 Å². The molecule has 4 nitrogen and oxygen atoms in total. The van der Waals surface area contributed by atoms with Crippen LogP contribution in [0.5, 0.6) is 0 Å². The van der Waals surface area contributed by atoms with Gasteiger partial charge in [-0.25, -0.2) is 9.97 Å². The lowest BCUT2D eigenvalue weighted by atomic mass is 10.2. The molecule has 0 aliphatic rings. The van der Waals surface area contributed by atoms with Crippen LogP contribution in [0.1, 0.15) is 22.0 Å². The van der Waals surface area contributed by atoms with Crippen LogP contribution < -0.4 is 5.32 Å². The molecule has 3 rings (SSSR count). The number of rotatable bonds is 3. The summed E-state index contributed by atoms with van der Waals surface area (Å²) in [6.45, 7) is 1.93. The van der Waals surface area contributed by atoms with Gasteiger partial charge in [-0.2, -0.15) is 0 Å². The summed E-state index contributed by atoms with van der Waals surface area (Å²) in [7, 11) is 0. The fraction of sp³-hybridized carbons (Fsp3) is 0.105. The van der Waals surface area contributed by atoms with Gasteiger partial charge in [0, 0.05) is 22.8 Å². The van der Waals surface area contributed by atoms with Crippen molar-refractivity contribution in [1.29, 1.82) is 0 Å². The van der Waals surface area contributed by atoms with Gasteiger partial charge in [-0.15, -0.1) is 11.3 Å². The van der Waals surface area contributed by atoms with Crippen molar-refractivity contribution in [3.63, 3.8) is 0 Å². The maximum atomic E-state index is 12.1. The van der Waals surface area contributed by atoms with E-state index in [9.17, 15) is 4.79 Å². The van der Waals surface area contributed by atoms with Gasteiger partial charge >= 0.3 is 0 Å². The smallest absolute Gasteiger partial charge is 0.230 e. The number of nitrogens with zero attached hydrogens (tertiary/aromatic N) is 2. The molecule has 1 aromatic carbocycles. The molecule has 24 heavy (non-hydrogen) atoms. The molecule has 0 spiro atoms. The third kappa shape index (κ3) is 4.51. The molecule has 0 unspecified atom stereocenters. The Hall–Kier alpha value is -2.97. The maximum absolute atomic E-state index is 12.1. The molecule has 0 fully saturated rings. The van der Waals surface area contributed by atoms with Crippen molar-refractivity contribution in [2.45, 2.75) is 13.3 Å². The number of carbonyl (C=O) groups excluding carboxylic acids is 1. The number of carbonyl (C=O) groups is 1. The third-order valence-electron chi connectivity index (χ3n) is 3.15. The van der Waals surface area contributed by atoms with E-state index in [1.807, 2.05) is 54.8 Å². The molecule has 5 heteroatoms. The molecule has 118 valence electrons. The van der Waals surface area contributed by atoms with Crippen LogP contribution in [0.3, 0.4) is 0 Å². The van der Waals surface area contributed by atoms with Gasteiger partial charge in [0.05, 0.1) is 17.1 Å². The van der Waals surface area contributed by atoms with E-state index in [0.717, 1.165) is 22.0 Å². The summed E-state index contributed by atoms with van der Waals surface area (Å²) in [6.07, 6.45) is 1.98. The molecular formula is C19H15N3OS. The molecule has 0 bridgehead atoms. The molecule has 0 saturated carbocycles. The summed E-state index contributed by atoms with van der Waals surface area (Å²) >= 11 is 1.54. The first kappa shape index (κ1) is 15.9. The van der Waals surface area contributed by atoms with E-state index < -0.39 is 0 Å². The van der Waals surface area contributed by atoms with E-state index in [1.165, 1.54) is 0 Å². The van der Waals surface area contributed by atoms with Crippen molar-refractivity contribution in [2.24, 2.45) is 0 Å². The van der Waals surface area contributed by atoms with E-state index in [0.29, 0.717) is 5.69 Å². The summed E-state index contributed by atoms with van der Waals surface area (Å²) in [5.74, 6) is 5.97. The van der Waals surface area contributed by atoms with E-state index in [1.54, 1.807) is 17.5 Å². The molecule has 2 aromatic heterocycles. The summed E-state index contributed by atoms with van der Waals surface area (Å²) in [5.41, 5.74) is 3.05. The zero-order valence-corrected chi connectivity index (χ0v) is 13.9. The van der Waals surface area contributed by atoms with Crippen LogP contribution in [0.2, 0.25) is 0 Å². The number of pyridine rings is 1. The van der Waals surface area contributed by atoms with E-state index >= 15 is 0 Å². The average molecular weight is 333 g/mol. The van der Waals surface area contributed by atoms with Gasteiger partial charge < -0.3 is 5.32 Å². The lowest BCUT2D eigenvalue weighted by molar-refractivity contribution is -0.115. The number of thiazole rings is 1. The predicted molar refractivity (Wildman–Crippen MR) is 95.8 cm³/mol. The van der Waals surface area contributed by atoms with Crippen LogP contribution in [0.25, 0.3) is 0 Å². The van der Waals surface area contributed by atoms with Gasteiger partial charge in [-0.05, 0) is 43.2 Å². The Bertz CT molecular complexity index is 907. The summed E-state index contributed by atoms with van der Waals surface area (Å²) < 4.78 is 0. The van der Waals surface area contributed by atoms with Gasteiger partial charge in [0.2, 0.25) is 5.91 Å². The van der Waals surface area contributed by atoms with Crippen LogP contribution >= 0.6 is 11.3 Å². The highest BCUT2D eigenvalue weighted by molar-refractivity contribution is 7.09. The molecule has 0 aliphatic heterocycles. The number of anilines is 1. The van der Waals surface area contributed by atoms with Crippen molar-refractivity contribution in [2.75, 3.05) is 5.32 Å². The molecule has 0 saturated heterocycles. The highest BCUT2D eigenvalue weighted by Gasteiger charge is 2.07. The molecular weight excluding hydrogens is 318 g/mol. The quantitative estimate of drug-likeness (QED) is 0.747. The highest BCUT2D eigenvalue weighted by Crippen LogP contribution is 2.12. The first-order chi connectivity index (χ1) is 11.7. The van der Waals surface area contributed by atoms with Crippen molar-refractivity contribution in [3.8, 4) is 11.8 Å². The second kappa shape index (κ2) is 7.53. The number of hydrogen-bond donors (Lipinski definition) is 1. The summed E-state index contributed by atoms with van der Waals surface area (Å²) in [4.78, 5) is 20.6. The Morgan fingerprint density at radius 1 is 1.21 bits per heavy atom. The lowest BCUT2D eigenvalue weighted by Gasteiger charge is -2.04. The van der Waals surface area contributed by atoms with Crippen LogP contribution in [0, 0.1) is 18.8 Å². The fourth-order valence-corrected chi connectivity index (χ4v) is 2.72. The van der Waals surface area contributed by atoms with E-state index in [4.69, 9.17) is 0 Å². The molecule has 0 atom stereocenters. The van der Waals surface area contributed by atoms with Gasteiger partial charge in [-0.3, -0.25) is 4.79 Å². The van der Waals surface area contributed by atoms with Gasteiger partial charge in [0.15, 0.2) is 0 Å². The lowest BCUT2D eigenvalue weighted by Crippen LogP contribution is -2.14. The van der Waals surface area contributed by atoms with Crippen LogP contribution in [-0.4, -0.2) is 15.9 Å². The fourth-order valence-electron chi connectivity index (χ4n) is 2.11. The Morgan fingerprint density at radius 3 is 2.88 bits per heavy atom. The monoisotopic (exact) mass is 333 g/mol. The highest BCUT2D eigenvalue weighted by atomic mass is 32.1. The number of benzene rings is 1. The second-order valence-electron chi connectivity index (χ2n) is 5.13. The zero-order valence-electron chi connectivity index (χ0n) is 13.1. The van der Waals surface area contributed by atoms with Crippen molar-refractivity contribution in [1.82, 2.24) is 9.97 Å². The number of nitrogens with one attached hydrogen (secondary N) is 1. The van der Waals surface area contributed by atoms with Crippen molar-refractivity contribution < 1.29 is 4.79 Å². The van der Waals surface area contributed by atoms with Crippen LogP contribution in [0.4, 0.5) is 5.69 Å². The SMILES string of the molecule is Cc1nc(CC(=O)Nc2cccc(C#Cc3ccccn3)c2)cs1. The normalized spacial score (nSPS) is 9.88. The minimum Gasteiger partial charge on any atom is -0.326 e. The molecule has 0 aliphatic carbocycles. The molecule has 1 amide bonds. The van der Waals surface area contributed by atoms with Crippen molar-refractivity contribution >= 4 is 22.9 Å². The van der Waals surface area contributed by atoms with Gasteiger partial charge in [-0.1, -0.05) is 18.1 Å². The Morgan fingerprint density at radius 2 is 2.12 bits per heavy atom. The van der Waals surface area contributed by atoms with E-state index in [2.05, 4.69) is 27.1 Å². The third-order valence-corrected chi connectivity index (χ3v) is 3.98. The average Bonchev–Trinajstić information content (AvgIpc) is 2.99. The molecule has 2 heterocycles. The topological polar surface area (TPSA) is 54.9 Å². The summed E-state index contributed by atoms with van der Waals surface area (Å²) in [5, 5.41) is 5.75. The first-order valence-electron chi connectivity index (χ1n) is 7.43. The first-order valence-corrected chi connectivity index (χ1v) is 8.31. The second-order valence-corrected chi connectivity index (χ2v) is 6.19. The Balaban J connectivity index is 1.67. The number of aryl methyl sites for hydroxylation is 1. The van der Waals surface area contributed by atoms with Crippen LogP contribution in [0.15, 0.2) is 54.0 Å². The Labute approximate surface area is 144 Å². The van der Waals surface area contributed by atoms with Gasteiger partial charge in [0.1, 0.15) is 5.69 Å². The molecule has 3 aromatic rings. The number of aromatic nitrogens is 2. The standard InChI is InChI=1S/C19H15N3OS/c1-14-21-18(13-24-14)12-19(23)22-17-7-4-5-15(11-17)8-9-16-6-2-3-10-20-16/h2-7,10-11,13H,12H2,1H3,(H,22,23). The number of amides is 1. The molecule has 0 radical (unpaired) electrons. The van der Waals surface area contributed by atoms with Crippen LogP contribution in [-0.2, 0) is 11.2 Å². The van der Waals surface area contributed by atoms with Gasteiger partial charge in [0.25, 0.3) is 0 Å². The molecule has 1 N–H and O–H groups in total. The minimum absolute atomic E-state index is 0.0878. The number of hydrogen-bond acceptors (Lipinski definition) is 4. The Kier molecular flexibility index (Phi) is 4.99. The maximum Gasteiger partial charge on any atom is 0.230 e. The zero-order chi connectivity index (χ0) is 16.8. The largest absolute Gasteiger partial charge is 0.326 e. The minimum atomic E-state index is -0.0878. The predicted octanol–water partition coefficient (Wildman–Crippen LogP) is 3.43. The van der Waals surface area contributed by atoms with E-state index in [-0.39, 0.29) is 12.3 Å².